The molecule has 0 saturated carbocycles. The number of aromatic nitrogens is 2. The smallest absolute Gasteiger partial charge is 0.407 e. The number of alkyl carbamates (subject to hydrolysis) is 1. The van der Waals surface area contributed by atoms with E-state index in [1.165, 1.54) is 43.8 Å². The highest BCUT2D eigenvalue weighted by Gasteiger charge is 2.22. The van der Waals surface area contributed by atoms with Crippen molar-refractivity contribution in [2.75, 3.05) is 12.4 Å². The summed E-state index contributed by atoms with van der Waals surface area (Å²) in [5.41, 5.74) is 2.37. The maximum absolute atomic E-state index is 14.3. The molecule has 10 heteroatoms. The van der Waals surface area contributed by atoms with Crippen molar-refractivity contribution in [2.24, 2.45) is 0 Å². The first-order valence-corrected chi connectivity index (χ1v) is 11.4. The minimum absolute atomic E-state index is 0.00334. The second-order valence-corrected chi connectivity index (χ2v) is 9.13. The van der Waals surface area contributed by atoms with Gasteiger partial charge in [-0.25, -0.2) is 21.6 Å². The standard InChI is InChI=1S/C23H21FN4O4S/c1-15-5-8-21(20(24)10-15)27-17-6-7-19-16(14-32-23(29)25-2)13-28(22(19)11-17)33(30,31)18-4-3-9-26-12-18/h3-13,27H,14H2,1-2H3,(H,25,29). The van der Waals surface area contributed by atoms with Crippen LogP contribution < -0.4 is 10.6 Å². The van der Waals surface area contributed by atoms with E-state index in [1.54, 1.807) is 37.3 Å². The molecule has 0 unspecified atom stereocenters. The van der Waals surface area contributed by atoms with Crippen molar-refractivity contribution in [3.05, 3.63) is 84.1 Å². The SMILES string of the molecule is CNC(=O)OCc1cn(S(=O)(=O)c2cccnc2)c2cc(Nc3ccc(C)cc3F)ccc12. The van der Waals surface area contributed by atoms with Gasteiger partial charge in [-0.15, -0.1) is 0 Å². The van der Waals surface area contributed by atoms with Crippen molar-refractivity contribution in [2.45, 2.75) is 18.4 Å². The molecule has 0 atom stereocenters. The van der Waals surface area contributed by atoms with Crippen molar-refractivity contribution in [1.29, 1.82) is 0 Å². The number of hydrogen-bond donors (Lipinski definition) is 2. The second kappa shape index (κ2) is 8.91. The molecule has 4 rings (SSSR count). The average Bonchev–Trinajstić information content (AvgIpc) is 3.18. The Balaban J connectivity index is 1.82. The molecule has 0 spiro atoms. The third kappa shape index (κ3) is 4.51. The van der Waals surface area contributed by atoms with Crippen LogP contribution in [-0.2, 0) is 21.4 Å². The molecule has 0 radical (unpaired) electrons. The van der Waals surface area contributed by atoms with Crippen molar-refractivity contribution in [3.63, 3.8) is 0 Å². The molecule has 0 saturated heterocycles. The molecule has 0 aliphatic heterocycles. The number of ether oxygens (including phenoxy) is 1. The van der Waals surface area contributed by atoms with Gasteiger partial charge in [0.2, 0.25) is 0 Å². The molecule has 0 fully saturated rings. The van der Waals surface area contributed by atoms with Gasteiger partial charge in [-0.1, -0.05) is 12.1 Å². The fraction of sp³-hybridized carbons (Fsp3) is 0.130. The van der Waals surface area contributed by atoms with E-state index in [0.29, 0.717) is 22.2 Å². The van der Waals surface area contributed by atoms with Crippen molar-refractivity contribution >= 4 is 38.4 Å². The molecule has 2 N–H and O–H groups in total. The van der Waals surface area contributed by atoms with Crippen LogP contribution in [0.15, 0.2) is 72.0 Å². The molecule has 33 heavy (non-hydrogen) atoms. The minimum Gasteiger partial charge on any atom is -0.445 e. The molecule has 4 aromatic rings. The lowest BCUT2D eigenvalue weighted by molar-refractivity contribution is 0.142. The Morgan fingerprint density at radius 2 is 2.00 bits per heavy atom. The molecule has 170 valence electrons. The number of hydrogen-bond acceptors (Lipinski definition) is 6. The predicted molar refractivity (Wildman–Crippen MR) is 122 cm³/mol. The van der Waals surface area contributed by atoms with Crippen LogP contribution in [0.5, 0.6) is 0 Å². The molecule has 0 bridgehead atoms. The number of fused-ring (bicyclic) bond motifs is 1. The van der Waals surface area contributed by atoms with Gasteiger partial charge in [-0.3, -0.25) is 4.98 Å². The predicted octanol–water partition coefficient (Wildman–Crippen LogP) is 4.32. The number of nitrogens with zero attached hydrogens (tertiary/aromatic N) is 2. The Hall–Kier alpha value is -3.92. The van der Waals surface area contributed by atoms with E-state index >= 15 is 0 Å². The zero-order valence-electron chi connectivity index (χ0n) is 17.9. The summed E-state index contributed by atoms with van der Waals surface area (Å²) in [5, 5.41) is 5.91. The van der Waals surface area contributed by atoms with Gasteiger partial charge in [0.25, 0.3) is 10.0 Å². The second-order valence-electron chi connectivity index (χ2n) is 7.31. The summed E-state index contributed by atoms with van der Waals surface area (Å²) in [6.45, 7) is 1.66. The summed E-state index contributed by atoms with van der Waals surface area (Å²) in [7, 11) is -2.56. The molecule has 1 amide bonds. The van der Waals surface area contributed by atoms with Crippen molar-refractivity contribution in [3.8, 4) is 0 Å². The van der Waals surface area contributed by atoms with E-state index in [9.17, 15) is 17.6 Å². The monoisotopic (exact) mass is 468 g/mol. The number of anilines is 2. The summed E-state index contributed by atoms with van der Waals surface area (Å²) in [6, 6.07) is 12.8. The van der Waals surface area contributed by atoms with Gasteiger partial charge in [0.15, 0.2) is 0 Å². The molecule has 2 aromatic carbocycles. The van der Waals surface area contributed by atoms with E-state index < -0.39 is 21.9 Å². The third-order valence-corrected chi connectivity index (χ3v) is 6.67. The van der Waals surface area contributed by atoms with E-state index in [2.05, 4.69) is 15.6 Å². The van der Waals surface area contributed by atoms with Gasteiger partial charge in [-0.05, 0) is 48.9 Å². The van der Waals surface area contributed by atoms with Gasteiger partial charge in [0.05, 0.1) is 11.2 Å². The number of halogens is 1. The quantitative estimate of drug-likeness (QED) is 0.437. The third-order valence-electron chi connectivity index (χ3n) is 5.01. The maximum atomic E-state index is 14.3. The highest BCUT2D eigenvalue weighted by atomic mass is 32.2. The lowest BCUT2D eigenvalue weighted by Gasteiger charge is -2.11. The molecule has 2 aromatic heterocycles. The average molecular weight is 469 g/mol. The van der Waals surface area contributed by atoms with Crippen LogP contribution in [0.25, 0.3) is 10.9 Å². The number of amides is 1. The highest BCUT2D eigenvalue weighted by molar-refractivity contribution is 7.90. The van der Waals surface area contributed by atoms with Crippen LogP contribution in [0, 0.1) is 12.7 Å². The molecular weight excluding hydrogens is 447 g/mol. The molecular formula is C23H21FN4O4S. The summed E-state index contributed by atoms with van der Waals surface area (Å²) in [6.07, 6.45) is 3.50. The summed E-state index contributed by atoms with van der Waals surface area (Å²) < 4.78 is 47.3. The zero-order chi connectivity index (χ0) is 23.6. The van der Waals surface area contributed by atoms with Gasteiger partial charge < -0.3 is 15.4 Å². The number of benzene rings is 2. The molecule has 8 nitrogen and oxygen atoms in total. The largest absolute Gasteiger partial charge is 0.445 e. The lowest BCUT2D eigenvalue weighted by atomic mass is 10.1. The summed E-state index contributed by atoms with van der Waals surface area (Å²) in [5.74, 6) is -0.423. The number of carbonyl (C=O) groups excluding carboxylic acids is 1. The van der Waals surface area contributed by atoms with Crippen LogP contribution in [-0.4, -0.2) is 30.5 Å². The van der Waals surface area contributed by atoms with Crippen LogP contribution >= 0.6 is 0 Å². The van der Waals surface area contributed by atoms with Gasteiger partial charge >= 0.3 is 6.09 Å². The van der Waals surface area contributed by atoms with Crippen LogP contribution in [0.4, 0.5) is 20.6 Å². The normalized spacial score (nSPS) is 11.4. The summed E-state index contributed by atoms with van der Waals surface area (Å²) in [4.78, 5) is 15.5. The van der Waals surface area contributed by atoms with Gasteiger partial charge in [0, 0.05) is 42.3 Å². The zero-order valence-corrected chi connectivity index (χ0v) is 18.7. The number of pyridine rings is 1. The summed E-state index contributed by atoms with van der Waals surface area (Å²) >= 11 is 0. The Kier molecular flexibility index (Phi) is 6.01. The Bertz CT molecular complexity index is 1440. The first-order valence-electron chi connectivity index (χ1n) is 9.97. The Labute approximate surface area is 190 Å². The molecule has 0 aliphatic carbocycles. The first kappa shape index (κ1) is 22.3. The number of rotatable bonds is 6. The van der Waals surface area contributed by atoms with Crippen molar-refractivity contribution < 1.29 is 22.3 Å². The lowest BCUT2D eigenvalue weighted by Crippen LogP contribution is -2.18. The topological polar surface area (TPSA) is 102 Å². The Morgan fingerprint density at radius 3 is 2.70 bits per heavy atom. The van der Waals surface area contributed by atoms with Gasteiger partial charge in [-0.2, -0.15) is 0 Å². The van der Waals surface area contributed by atoms with Crippen LogP contribution in [0.2, 0.25) is 0 Å². The van der Waals surface area contributed by atoms with Crippen molar-refractivity contribution in [1.82, 2.24) is 14.3 Å². The van der Waals surface area contributed by atoms with Crippen LogP contribution in [0.3, 0.4) is 0 Å². The van der Waals surface area contributed by atoms with E-state index in [-0.39, 0.29) is 17.2 Å². The number of aryl methyl sites for hydroxylation is 1. The highest BCUT2D eigenvalue weighted by Crippen LogP contribution is 2.30. The van der Waals surface area contributed by atoms with Crippen LogP contribution in [0.1, 0.15) is 11.1 Å². The fourth-order valence-corrected chi connectivity index (χ4v) is 4.71. The fourth-order valence-electron chi connectivity index (χ4n) is 3.36. The number of nitrogens with one attached hydrogen (secondary N) is 2. The minimum atomic E-state index is -4.00. The van der Waals surface area contributed by atoms with E-state index in [0.717, 1.165) is 9.54 Å². The maximum Gasteiger partial charge on any atom is 0.407 e. The van der Waals surface area contributed by atoms with E-state index in [4.69, 9.17) is 4.74 Å². The molecule has 2 heterocycles. The van der Waals surface area contributed by atoms with E-state index in [1.807, 2.05) is 0 Å². The first-order chi connectivity index (χ1) is 15.8. The molecule has 0 aliphatic rings. The Morgan fingerprint density at radius 1 is 1.18 bits per heavy atom. The van der Waals surface area contributed by atoms with Gasteiger partial charge in [0.1, 0.15) is 17.3 Å². The number of carbonyl (C=O) groups is 1.